The molecule has 0 amide bonds. The van der Waals surface area contributed by atoms with E-state index in [4.69, 9.17) is 4.74 Å². The van der Waals surface area contributed by atoms with Crippen LogP contribution in [0.5, 0.6) is 5.75 Å². The van der Waals surface area contributed by atoms with E-state index in [1.165, 1.54) is 35.7 Å². The van der Waals surface area contributed by atoms with Crippen LogP contribution in [-0.2, 0) is 12.8 Å². The number of ether oxygens (including phenoxy) is 1. The molecule has 4 rings (SSSR count). The Balaban J connectivity index is 1.46. The Morgan fingerprint density at radius 1 is 1.11 bits per heavy atom. The highest BCUT2D eigenvalue weighted by molar-refractivity contribution is 7.99. The number of rotatable bonds is 6. The van der Waals surface area contributed by atoms with Crippen molar-refractivity contribution in [1.82, 2.24) is 20.2 Å². The molecule has 0 aliphatic heterocycles. The minimum Gasteiger partial charge on any atom is -0.497 e. The minimum atomic E-state index is 0.0951. The first-order chi connectivity index (χ1) is 13.2. The fraction of sp³-hybridized carbons (Fsp3) is 0.300. The zero-order valence-corrected chi connectivity index (χ0v) is 15.9. The number of aryl methyl sites for hydroxylation is 2. The lowest BCUT2D eigenvalue weighted by molar-refractivity contribution is 0.102. The second-order valence-electron chi connectivity index (χ2n) is 6.47. The zero-order valence-electron chi connectivity index (χ0n) is 15.1. The van der Waals surface area contributed by atoms with Crippen LogP contribution in [0, 0.1) is 0 Å². The summed E-state index contributed by atoms with van der Waals surface area (Å²) in [5.41, 5.74) is 4.30. The van der Waals surface area contributed by atoms with Crippen LogP contribution in [0.1, 0.15) is 34.3 Å². The smallest absolute Gasteiger partial charge is 0.214 e. The molecule has 1 aromatic heterocycles. The topological polar surface area (TPSA) is 69.9 Å². The van der Waals surface area contributed by atoms with Crippen LogP contribution in [0.2, 0.25) is 0 Å². The van der Waals surface area contributed by atoms with Crippen molar-refractivity contribution < 1.29 is 9.53 Å². The van der Waals surface area contributed by atoms with Gasteiger partial charge in [0.2, 0.25) is 5.16 Å². The lowest BCUT2D eigenvalue weighted by Gasteiger charge is -2.16. The van der Waals surface area contributed by atoms with Gasteiger partial charge in [0.15, 0.2) is 5.78 Å². The standard InChI is InChI=1S/C20H20N4O2S/c1-26-18-10-8-17(9-11-18)24-20(21-22-23-24)27-13-19(25)16-7-6-14-4-2-3-5-15(14)12-16/h6-12H,2-5,13H2,1H3. The van der Waals surface area contributed by atoms with E-state index in [1.54, 1.807) is 11.8 Å². The first-order valence-corrected chi connectivity index (χ1v) is 9.94. The van der Waals surface area contributed by atoms with Gasteiger partial charge in [-0.05, 0) is 77.6 Å². The summed E-state index contributed by atoms with van der Waals surface area (Å²) >= 11 is 1.34. The van der Waals surface area contributed by atoms with Gasteiger partial charge in [0.25, 0.3) is 0 Å². The molecule has 0 unspecified atom stereocenters. The molecule has 6 nitrogen and oxygen atoms in total. The molecule has 27 heavy (non-hydrogen) atoms. The van der Waals surface area contributed by atoms with Gasteiger partial charge in [-0.3, -0.25) is 4.79 Å². The molecule has 0 fully saturated rings. The van der Waals surface area contributed by atoms with Crippen LogP contribution in [0.15, 0.2) is 47.6 Å². The molecule has 0 radical (unpaired) electrons. The Labute approximate surface area is 161 Å². The quantitative estimate of drug-likeness (QED) is 0.481. The summed E-state index contributed by atoms with van der Waals surface area (Å²) < 4.78 is 6.80. The van der Waals surface area contributed by atoms with Gasteiger partial charge < -0.3 is 4.74 Å². The predicted octanol–water partition coefficient (Wildman–Crippen LogP) is 3.52. The van der Waals surface area contributed by atoms with E-state index < -0.39 is 0 Å². The van der Waals surface area contributed by atoms with Crippen LogP contribution in [0.25, 0.3) is 5.69 Å². The summed E-state index contributed by atoms with van der Waals surface area (Å²) in [5, 5.41) is 12.4. The van der Waals surface area contributed by atoms with Gasteiger partial charge in [-0.15, -0.1) is 5.10 Å². The lowest BCUT2D eigenvalue weighted by atomic mass is 9.90. The number of thioether (sulfide) groups is 1. The Morgan fingerprint density at radius 2 is 1.89 bits per heavy atom. The zero-order chi connectivity index (χ0) is 18.6. The molecule has 0 atom stereocenters. The number of benzene rings is 2. The van der Waals surface area contributed by atoms with E-state index >= 15 is 0 Å². The van der Waals surface area contributed by atoms with E-state index in [0.717, 1.165) is 29.8 Å². The number of hydrogen-bond donors (Lipinski definition) is 0. The molecule has 0 N–H and O–H groups in total. The average molecular weight is 380 g/mol. The fourth-order valence-corrected chi connectivity index (χ4v) is 4.06. The molecular formula is C20H20N4O2S. The van der Waals surface area contributed by atoms with Gasteiger partial charge >= 0.3 is 0 Å². The summed E-state index contributed by atoms with van der Waals surface area (Å²) in [5.74, 6) is 1.16. The van der Waals surface area contributed by atoms with Gasteiger partial charge in [0, 0.05) is 5.56 Å². The largest absolute Gasteiger partial charge is 0.497 e. The van der Waals surface area contributed by atoms with E-state index in [9.17, 15) is 4.79 Å². The molecule has 1 heterocycles. The number of Topliss-reactive ketones (excluding diaryl/α,β-unsaturated/α-hetero) is 1. The Kier molecular flexibility index (Phi) is 5.20. The number of carbonyl (C=O) groups excluding carboxylic acids is 1. The Hall–Kier alpha value is -2.67. The predicted molar refractivity (Wildman–Crippen MR) is 104 cm³/mol. The summed E-state index contributed by atoms with van der Waals surface area (Å²) in [4.78, 5) is 12.6. The lowest BCUT2D eigenvalue weighted by Crippen LogP contribution is -2.08. The third kappa shape index (κ3) is 3.88. The fourth-order valence-electron chi connectivity index (χ4n) is 3.27. The molecule has 1 aliphatic carbocycles. The first-order valence-electron chi connectivity index (χ1n) is 8.95. The van der Waals surface area contributed by atoms with Crippen molar-refractivity contribution in [1.29, 1.82) is 0 Å². The number of ketones is 1. The number of methoxy groups -OCH3 is 1. The van der Waals surface area contributed by atoms with Crippen molar-refractivity contribution >= 4 is 17.5 Å². The molecule has 0 saturated carbocycles. The highest BCUT2D eigenvalue weighted by Crippen LogP contribution is 2.24. The number of fused-ring (bicyclic) bond motifs is 1. The third-order valence-corrected chi connectivity index (χ3v) is 5.68. The van der Waals surface area contributed by atoms with E-state index in [1.807, 2.05) is 30.3 Å². The maximum absolute atomic E-state index is 12.6. The summed E-state index contributed by atoms with van der Waals surface area (Å²) in [6.45, 7) is 0. The second-order valence-corrected chi connectivity index (χ2v) is 7.42. The monoisotopic (exact) mass is 380 g/mol. The number of carbonyl (C=O) groups is 1. The van der Waals surface area contributed by atoms with E-state index in [-0.39, 0.29) is 5.78 Å². The Bertz CT molecular complexity index is 953. The molecule has 0 bridgehead atoms. The number of hydrogen-bond acceptors (Lipinski definition) is 6. The van der Waals surface area contributed by atoms with Gasteiger partial charge in [-0.25, -0.2) is 0 Å². The molecule has 0 spiro atoms. The van der Waals surface area contributed by atoms with Gasteiger partial charge in [0.05, 0.1) is 18.6 Å². The van der Waals surface area contributed by atoms with Crippen LogP contribution < -0.4 is 4.74 Å². The first kappa shape index (κ1) is 17.7. The minimum absolute atomic E-state index is 0.0951. The highest BCUT2D eigenvalue weighted by Gasteiger charge is 2.15. The molecular weight excluding hydrogens is 360 g/mol. The SMILES string of the molecule is COc1ccc(-n2nnnc2SCC(=O)c2ccc3c(c2)CCCC3)cc1. The van der Waals surface area contributed by atoms with E-state index in [2.05, 4.69) is 27.7 Å². The van der Waals surface area contributed by atoms with Gasteiger partial charge in [0.1, 0.15) is 5.75 Å². The molecule has 138 valence electrons. The number of nitrogens with zero attached hydrogens (tertiary/aromatic N) is 4. The maximum Gasteiger partial charge on any atom is 0.214 e. The summed E-state index contributed by atoms with van der Waals surface area (Å²) in [7, 11) is 1.62. The second kappa shape index (κ2) is 7.92. The van der Waals surface area contributed by atoms with Gasteiger partial charge in [-0.2, -0.15) is 4.68 Å². The normalized spacial score (nSPS) is 13.2. The summed E-state index contributed by atoms with van der Waals surface area (Å²) in [6.07, 6.45) is 4.63. The van der Waals surface area contributed by atoms with Crippen molar-refractivity contribution in [3.05, 3.63) is 59.2 Å². The third-order valence-electron chi connectivity index (χ3n) is 4.76. The van der Waals surface area contributed by atoms with Crippen molar-refractivity contribution in [2.24, 2.45) is 0 Å². The van der Waals surface area contributed by atoms with Crippen LogP contribution >= 0.6 is 11.8 Å². The summed E-state index contributed by atoms with van der Waals surface area (Å²) in [6, 6.07) is 13.6. The van der Waals surface area contributed by atoms with Crippen LogP contribution in [-0.4, -0.2) is 38.9 Å². The molecule has 7 heteroatoms. The highest BCUT2D eigenvalue weighted by atomic mass is 32.2. The Morgan fingerprint density at radius 3 is 2.67 bits per heavy atom. The average Bonchev–Trinajstić information content (AvgIpc) is 3.20. The van der Waals surface area contributed by atoms with Crippen molar-refractivity contribution in [3.63, 3.8) is 0 Å². The van der Waals surface area contributed by atoms with Gasteiger partial charge in [-0.1, -0.05) is 23.9 Å². The van der Waals surface area contributed by atoms with Crippen molar-refractivity contribution in [2.75, 3.05) is 12.9 Å². The van der Waals surface area contributed by atoms with Crippen molar-refractivity contribution in [3.8, 4) is 11.4 Å². The number of aromatic nitrogens is 4. The molecule has 2 aromatic carbocycles. The molecule has 1 aliphatic rings. The van der Waals surface area contributed by atoms with Crippen LogP contribution in [0.4, 0.5) is 0 Å². The maximum atomic E-state index is 12.6. The molecule has 3 aromatic rings. The number of tetrazole rings is 1. The van der Waals surface area contributed by atoms with Crippen molar-refractivity contribution in [2.45, 2.75) is 30.8 Å². The van der Waals surface area contributed by atoms with Crippen LogP contribution in [0.3, 0.4) is 0 Å². The molecule has 0 saturated heterocycles. The van der Waals surface area contributed by atoms with E-state index in [0.29, 0.717) is 10.9 Å².